The van der Waals surface area contributed by atoms with Crippen molar-refractivity contribution in [3.8, 4) is 0 Å². The van der Waals surface area contributed by atoms with Crippen molar-refractivity contribution in [3.63, 3.8) is 0 Å². The second-order valence-corrected chi connectivity index (χ2v) is 5.87. The Labute approximate surface area is 142 Å². The molecule has 0 fully saturated rings. The zero-order valence-corrected chi connectivity index (χ0v) is 14.1. The van der Waals surface area contributed by atoms with Gasteiger partial charge in [-0.25, -0.2) is 0 Å². The Kier molecular flexibility index (Phi) is 4.70. The summed E-state index contributed by atoms with van der Waals surface area (Å²) in [4.78, 5) is 4.49. The van der Waals surface area contributed by atoms with Gasteiger partial charge in [0, 0.05) is 5.69 Å². The third kappa shape index (κ3) is 3.87. The molecule has 2 N–H and O–H groups in total. The van der Waals surface area contributed by atoms with E-state index >= 15 is 0 Å². The van der Waals surface area contributed by atoms with Gasteiger partial charge in [-0.05, 0) is 49.6 Å². The lowest BCUT2D eigenvalue weighted by Gasteiger charge is -2.14. The Hall–Kier alpha value is -2.95. The molecule has 1 heterocycles. The number of anilines is 3. The number of hydrogen-bond donors (Lipinski definition) is 2. The van der Waals surface area contributed by atoms with Crippen LogP contribution in [0.4, 0.5) is 17.5 Å². The van der Waals surface area contributed by atoms with Gasteiger partial charge in [-0.1, -0.05) is 36.4 Å². The first kappa shape index (κ1) is 15.9. The first-order valence-corrected chi connectivity index (χ1v) is 7.97. The van der Waals surface area contributed by atoms with E-state index in [1.807, 2.05) is 24.3 Å². The van der Waals surface area contributed by atoms with Gasteiger partial charge in [-0.2, -0.15) is 10.1 Å². The lowest BCUT2D eigenvalue weighted by molar-refractivity contribution is 0.841. The highest BCUT2D eigenvalue weighted by molar-refractivity contribution is 5.58. The molecule has 0 bridgehead atoms. The van der Waals surface area contributed by atoms with Crippen molar-refractivity contribution in [2.45, 2.75) is 26.8 Å². The van der Waals surface area contributed by atoms with Crippen LogP contribution >= 0.6 is 0 Å². The van der Waals surface area contributed by atoms with E-state index < -0.39 is 0 Å². The molecule has 3 aromatic rings. The van der Waals surface area contributed by atoms with Gasteiger partial charge in [-0.15, -0.1) is 5.10 Å². The summed E-state index contributed by atoms with van der Waals surface area (Å²) in [5.41, 5.74) is 4.66. The molecule has 0 saturated carbocycles. The number of nitrogens with one attached hydrogen (secondary N) is 2. The molecule has 5 nitrogen and oxygen atoms in total. The molecule has 5 heteroatoms. The second-order valence-electron chi connectivity index (χ2n) is 5.87. The van der Waals surface area contributed by atoms with E-state index in [2.05, 4.69) is 70.9 Å². The molecule has 1 unspecified atom stereocenters. The van der Waals surface area contributed by atoms with Gasteiger partial charge in [0.1, 0.15) is 0 Å². The van der Waals surface area contributed by atoms with Crippen LogP contribution in [0.2, 0.25) is 0 Å². The van der Waals surface area contributed by atoms with Crippen LogP contribution in [0.5, 0.6) is 0 Å². The first-order valence-electron chi connectivity index (χ1n) is 7.97. The van der Waals surface area contributed by atoms with Crippen LogP contribution in [-0.4, -0.2) is 15.2 Å². The molecule has 122 valence electrons. The van der Waals surface area contributed by atoms with Crippen LogP contribution < -0.4 is 10.6 Å². The monoisotopic (exact) mass is 319 g/mol. The molecule has 1 atom stereocenters. The zero-order chi connectivity index (χ0) is 16.9. The van der Waals surface area contributed by atoms with E-state index in [0.717, 1.165) is 5.69 Å². The van der Waals surface area contributed by atoms with Crippen LogP contribution in [0.15, 0.2) is 54.7 Å². The highest BCUT2D eigenvalue weighted by Gasteiger charge is 2.08. The SMILES string of the molecule is Cc1ccc(Nc2cnnc(NC(C)c3ccccc3)n2)cc1C. The van der Waals surface area contributed by atoms with Crippen LogP contribution in [0.25, 0.3) is 0 Å². The molecule has 0 radical (unpaired) electrons. The van der Waals surface area contributed by atoms with E-state index in [1.165, 1.54) is 16.7 Å². The van der Waals surface area contributed by atoms with E-state index in [1.54, 1.807) is 6.20 Å². The fourth-order valence-electron chi connectivity index (χ4n) is 2.41. The molecule has 0 saturated heterocycles. The molecular weight excluding hydrogens is 298 g/mol. The van der Waals surface area contributed by atoms with Crippen molar-refractivity contribution < 1.29 is 0 Å². The minimum atomic E-state index is 0.102. The van der Waals surface area contributed by atoms with Crippen molar-refractivity contribution in [2.24, 2.45) is 0 Å². The van der Waals surface area contributed by atoms with Crippen LogP contribution in [0, 0.1) is 13.8 Å². The third-order valence-corrected chi connectivity index (χ3v) is 3.98. The Morgan fingerprint density at radius 1 is 0.958 bits per heavy atom. The summed E-state index contributed by atoms with van der Waals surface area (Å²) in [5.74, 6) is 1.16. The maximum Gasteiger partial charge on any atom is 0.245 e. The summed E-state index contributed by atoms with van der Waals surface area (Å²) in [6.45, 7) is 6.26. The Balaban J connectivity index is 1.73. The number of benzene rings is 2. The summed E-state index contributed by atoms with van der Waals surface area (Å²) in [5, 5.41) is 14.6. The highest BCUT2D eigenvalue weighted by Crippen LogP contribution is 2.20. The van der Waals surface area contributed by atoms with Crippen molar-refractivity contribution >= 4 is 17.5 Å². The second kappa shape index (κ2) is 7.08. The van der Waals surface area contributed by atoms with Gasteiger partial charge >= 0.3 is 0 Å². The van der Waals surface area contributed by atoms with Crippen molar-refractivity contribution in [3.05, 3.63) is 71.4 Å². The third-order valence-electron chi connectivity index (χ3n) is 3.98. The van der Waals surface area contributed by atoms with E-state index in [9.17, 15) is 0 Å². The smallest absolute Gasteiger partial charge is 0.245 e. The summed E-state index contributed by atoms with van der Waals surface area (Å²) in [7, 11) is 0. The maximum atomic E-state index is 4.49. The Morgan fingerprint density at radius 2 is 1.75 bits per heavy atom. The van der Waals surface area contributed by atoms with Crippen molar-refractivity contribution in [1.82, 2.24) is 15.2 Å². The quantitative estimate of drug-likeness (QED) is 0.729. The molecule has 0 spiro atoms. The number of aryl methyl sites for hydroxylation is 2. The van der Waals surface area contributed by atoms with Gasteiger partial charge < -0.3 is 10.6 Å². The summed E-state index contributed by atoms with van der Waals surface area (Å²) in [6, 6.07) is 16.5. The topological polar surface area (TPSA) is 62.7 Å². The minimum absolute atomic E-state index is 0.102. The van der Waals surface area contributed by atoms with Gasteiger partial charge in [0.15, 0.2) is 5.82 Å². The fraction of sp³-hybridized carbons (Fsp3) is 0.211. The van der Waals surface area contributed by atoms with E-state index in [-0.39, 0.29) is 6.04 Å². The maximum absolute atomic E-state index is 4.49. The highest BCUT2D eigenvalue weighted by atomic mass is 15.3. The molecule has 2 aromatic carbocycles. The van der Waals surface area contributed by atoms with E-state index in [4.69, 9.17) is 0 Å². The molecule has 0 aliphatic rings. The predicted octanol–water partition coefficient (Wildman–Crippen LogP) is 4.41. The Morgan fingerprint density at radius 3 is 2.50 bits per heavy atom. The predicted molar refractivity (Wildman–Crippen MR) is 97.5 cm³/mol. The molecular formula is C19H21N5. The molecule has 0 aliphatic carbocycles. The molecule has 0 amide bonds. The average molecular weight is 319 g/mol. The van der Waals surface area contributed by atoms with E-state index in [0.29, 0.717) is 11.8 Å². The number of hydrogen-bond acceptors (Lipinski definition) is 5. The fourth-order valence-corrected chi connectivity index (χ4v) is 2.41. The summed E-state index contributed by atoms with van der Waals surface area (Å²) in [6.07, 6.45) is 1.62. The van der Waals surface area contributed by atoms with Crippen LogP contribution in [-0.2, 0) is 0 Å². The molecule has 3 rings (SSSR count). The van der Waals surface area contributed by atoms with Gasteiger partial charge in [0.2, 0.25) is 5.95 Å². The Bertz CT molecular complexity index is 817. The standard InChI is InChI=1S/C19H21N5/c1-13-9-10-17(11-14(13)2)22-18-12-20-24-19(23-18)21-15(3)16-7-5-4-6-8-16/h4-12,15H,1-3H3,(H2,21,22,23,24). The normalized spacial score (nSPS) is 11.8. The number of nitrogens with zero attached hydrogens (tertiary/aromatic N) is 3. The number of rotatable bonds is 5. The molecule has 0 aliphatic heterocycles. The van der Waals surface area contributed by atoms with Gasteiger partial charge in [-0.3, -0.25) is 0 Å². The lowest BCUT2D eigenvalue weighted by atomic mass is 10.1. The van der Waals surface area contributed by atoms with Gasteiger partial charge in [0.05, 0.1) is 12.2 Å². The van der Waals surface area contributed by atoms with Gasteiger partial charge in [0.25, 0.3) is 0 Å². The first-order chi connectivity index (χ1) is 11.6. The number of aromatic nitrogens is 3. The molecule has 24 heavy (non-hydrogen) atoms. The largest absolute Gasteiger partial charge is 0.346 e. The van der Waals surface area contributed by atoms with Crippen LogP contribution in [0.1, 0.15) is 29.7 Å². The summed E-state index contributed by atoms with van der Waals surface area (Å²) >= 11 is 0. The average Bonchev–Trinajstić information content (AvgIpc) is 2.59. The summed E-state index contributed by atoms with van der Waals surface area (Å²) < 4.78 is 0. The van der Waals surface area contributed by atoms with Crippen molar-refractivity contribution in [2.75, 3.05) is 10.6 Å². The van der Waals surface area contributed by atoms with Crippen LogP contribution in [0.3, 0.4) is 0 Å². The lowest BCUT2D eigenvalue weighted by Crippen LogP contribution is -2.10. The zero-order valence-electron chi connectivity index (χ0n) is 14.1. The minimum Gasteiger partial charge on any atom is -0.346 e. The van der Waals surface area contributed by atoms with Crippen molar-refractivity contribution in [1.29, 1.82) is 0 Å². The molecule has 1 aromatic heterocycles.